The van der Waals surface area contributed by atoms with Crippen molar-refractivity contribution < 1.29 is 8.78 Å². The van der Waals surface area contributed by atoms with Gasteiger partial charge in [0, 0.05) is 6.07 Å². The molecule has 3 nitrogen and oxygen atoms in total. The van der Waals surface area contributed by atoms with E-state index in [0.29, 0.717) is 0 Å². The van der Waals surface area contributed by atoms with Crippen molar-refractivity contribution in [1.29, 1.82) is 5.26 Å². The van der Waals surface area contributed by atoms with Gasteiger partial charge in [0.25, 0.3) is 0 Å². The number of nitrogens with one attached hydrogen (secondary N) is 1. The zero-order valence-electron chi connectivity index (χ0n) is 8.39. The van der Waals surface area contributed by atoms with E-state index < -0.39 is 11.6 Å². The molecule has 0 saturated heterocycles. The van der Waals surface area contributed by atoms with Crippen molar-refractivity contribution in [3.63, 3.8) is 0 Å². The molecule has 1 aromatic rings. The molecule has 1 rings (SSSR count). The Labute approximate surface area is 118 Å². The van der Waals surface area contributed by atoms with Crippen LogP contribution < -0.4 is 5.32 Å². The van der Waals surface area contributed by atoms with E-state index in [1.165, 1.54) is 0 Å². The maximum absolute atomic E-state index is 13.5. The third-order valence-electron chi connectivity index (χ3n) is 1.66. The molecule has 0 aliphatic heterocycles. The fourth-order valence-electron chi connectivity index (χ4n) is 0.924. The number of thioether (sulfide) groups is 1. The summed E-state index contributed by atoms with van der Waals surface area (Å²) in [6.07, 6.45) is 3.37. The number of amidine groups is 1. The van der Waals surface area contributed by atoms with Crippen LogP contribution in [0.15, 0.2) is 20.0 Å². The van der Waals surface area contributed by atoms with Gasteiger partial charge < -0.3 is 0 Å². The molecule has 8 heteroatoms. The Kier molecular flexibility index (Phi) is 5.36. The number of hydrogen-bond acceptors (Lipinski definition) is 3. The van der Waals surface area contributed by atoms with Gasteiger partial charge in [-0.05, 0) is 38.1 Å². The lowest BCUT2D eigenvalue weighted by Crippen LogP contribution is -2.12. The highest BCUT2D eigenvalue weighted by atomic mass is 79.9. The maximum Gasteiger partial charge on any atom is 0.183 e. The third-order valence-corrected chi connectivity index (χ3v) is 3.72. The predicted molar refractivity (Wildman–Crippen MR) is 71.1 cm³/mol. The average Bonchev–Trinajstić information content (AvgIpc) is 2.32. The first-order chi connectivity index (χ1) is 8.01. The molecule has 0 heterocycles. The predicted octanol–water partition coefficient (Wildman–Crippen LogP) is 3.91. The van der Waals surface area contributed by atoms with E-state index in [1.54, 1.807) is 12.4 Å². The first-order valence-corrected chi connectivity index (χ1v) is 6.93. The molecule has 90 valence electrons. The van der Waals surface area contributed by atoms with Crippen molar-refractivity contribution in [3.8, 4) is 6.19 Å². The van der Waals surface area contributed by atoms with Crippen molar-refractivity contribution in [2.75, 3.05) is 6.26 Å². The smallest absolute Gasteiger partial charge is 0.183 e. The minimum absolute atomic E-state index is 0.0251. The molecule has 1 aromatic carbocycles. The van der Waals surface area contributed by atoms with Gasteiger partial charge in [0.1, 0.15) is 5.82 Å². The summed E-state index contributed by atoms with van der Waals surface area (Å²) >= 11 is 6.90. The van der Waals surface area contributed by atoms with Gasteiger partial charge in [-0.25, -0.2) is 13.8 Å². The van der Waals surface area contributed by atoms with Gasteiger partial charge in [0.05, 0.1) is 14.6 Å². The van der Waals surface area contributed by atoms with Gasteiger partial charge in [-0.2, -0.15) is 5.26 Å². The van der Waals surface area contributed by atoms with Gasteiger partial charge in [-0.15, -0.1) is 0 Å². The first kappa shape index (κ1) is 14.4. The number of aliphatic imine (C=N–C) groups is 1. The molecule has 0 aromatic heterocycles. The highest BCUT2D eigenvalue weighted by Gasteiger charge is 2.15. The van der Waals surface area contributed by atoms with Crippen molar-refractivity contribution >= 4 is 54.5 Å². The zero-order chi connectivity index (χ0) is 13.0. The molecular weight excluding hydrogens is 380 g/mol. The van der Waals surface area contributed by atoms with Crippen LogP contribution in [0.3, 0.4) is 0 Å². The quantitative estimate of drug-likeness (QED) is 0.199. The molecule has 0 fully saturated rings. The van der Waals surface area contributed by atoms with Gasteiger partial charge in [0.15, 0.2) is 17.2 Å². The number of halogens is 4. The highest BCUT2D eigenvalue weighted by molar-refractivity contribution is 9.11. The van der Waals surface area contributed by atoms with Gasteiger partial charge >= 0.3 is 0 Å². The van der Waals surface area contributed by atoms with Gasteiger partial charge in [-0.1, -0.05) is 11.8 Å². The average molecular weight is 385 g/mol. The summed E-state index contributed by atoms with van der Waals surface area (Å²) in [7, 11) is 0. The van der Waals surface area contributed by atoms with E-state index in [2.05, 4.69) is 42.2 Å². The van der Waals surface area contributed by atoms with Crippen molar-refractivity contribution in [2.24, 2.45) is 4.99 Å². The summed E-state index contributed by atoms with van der Waals surface area (Å²) < 4.78 is 26.6. The van der Waals surface area contributed by atoms with Crippen LogP contribution in [0.2, 0.25) is 0 Å². The van der Waals surface area contributed by atoms with E-state index in [9.17, 15) is 8.78 Å². The topological polar surface area (TPSA) is 48.2 Å². The van der Waals surface area contributed by atoms with Crippen LogP contribution >= 0.6 is 43.6 Å². The largest absolute Gasteiger partial charge is 0.271 e. The lowest BCUT2D eigenvalue weighted by atomic mass is 10.3. The van der Waals surface area contributed by atoms with Crippen molar-refractivity contribution in [1.82, 2.24) is 5.32 Å². The molecule has 0 unspecified atom stereocenters. The van der Waals surface area contributed by atoms with E-state index in [4.69, 9.17) is 5.26 Å². The Hall–Kier alpha value is -0.650. The normalized spacial score (nSPS) is 11.2. The molecular formula is C9H5Br2F2N3S. The number of nitrogens with zero attached hydrogens (tertiary/aromatic N) is 2. The van der Waals surface area contributed by atoms with Crippen LogP contribution in [0.1, 0.15) is 0 Å². The van der Waals surface area contributed by atoms with Crippen LogP contribution in [-0.2, 0) is 0 Å². The van der Waals surface area contributed by atoms with E-state index in [-0.39, 0.29) is 19.8 Å². The summed E-state index contributed by atoms with van der Waals surface area (Å²) in [5.74, 6) is -1.54. The maximum atomic E-state index is 13.5. The fourth-order valence-corrected chi connectivity index (χ4v) is 2.24. The zero-order valence-corrected chi connectivity index (χ0v) is 12.4. The minimum Gasteiger partial charge on any atom is -0.271 e. The lowest BCUT2D eigenvalue weighted by molar-refractivity contribution is 0.568. The summed E-state index contributed by atoms with van der Waals surface area (Å²) in [5, 5.41) is 11.0. The molecule has 17 heavy (non-hydrogen) atoms. The monoisotopic (exact) mass is 383 g/mol. The number of hydrogen-bond donors (Lipinski definition) is 1. The lowest BCUT2D eigenvalue weighted by Gasteiger charge is -2.05. The Morgan fingerprint density at radius 3 is 2.65 bits per heavy atom. The van der Waals surface area contributed by atoms with Gasteiger partial charge in [0.2, 0.25) is 0 Å². The second-order valence-corrected chi connectivity index (χ2v) is 5.06. The summed E-state index contributed by atoms with van der Waals surface area (Å²) in [6.45, 7) is 0. The van der Waals surface area contributed by atoms with Crippen molar-refractivity contribution in [2.45, 2.75) is 0 Å². The molecule has 1 N–H and O–H groups in total. The van der Waals surface area contributed by atoms with Crippen LogP contribution in [-0.4, -0.2) is 11.4 Å². The SMILES string of the molecule is CSC(=Nc1cc(F)c(Br)c(F)c1Br)NC#N. The molecule has 0 aliphatic rings. The van der Waals surface area contributed by atoms with Crippen LogP contribution in [0, 0.1) is 23.1 Å². The Morgan fingerprint density at radius 2 is 2.12 bits per heavy atom. The fraction of sp³-hybridized carbons (Fsp3) is 0.111. The van der Waals surface area contributed by atoms with Crippen LogP contribution in [0.4, 0.5) is 14.5 Å². The molecule has 0 aliphatic carbocycles. The van der Waals surface area contributed by atoms with Crippen LogP contribution in [0.5, 0.6) is 0 Å². The molecule has 0 atom stereocenters. The van der Waals surface area contributed by atoms with Crippen molar-refractivity contribution in [3.05, 3.63) is 26.6 Å². The molecule has 0 saturated carbocycles. The Balaban J connectivity index is 3.29. The number of rotatable bonds is 1. The minimum atomic E-state index is -0.777. The highest BCUT2D eigenvalue weighted by Crippen LogP contribution is 2.35. The second kappa shape index (κ2) is 6.33. The number of benzene rings is 1. The summed E-state index contributed by atoms with van der Waals surface area (Å²) in [4.78, 5) is 3.93. The first-order valence-electron chi connectivity index (χ1n) is 4.12. The molecule has 0 radical (unpaired) electrons. The molecule has 0 bridgehead atoms. The Morgan fingerprint density at radius 1 is 1.47 bits per heavy atom. The molecule has 0 spiro atoms. The third kappa shape index (κ3) is 3.40. The second-order valence-electron chi connectivity index (χ2n) is 2.68. The van der Waals surface area contributed by atoms with Gasteiger partial charge in [-0.3, -0.25) is 5.32 Å². The van der Waals surface area contributed by atoms with Crippen LogP contribution in [0.25, 0.3) is 0 Å². The summed E-state index contributed by atoms with van der Waals surface area (Å²) in [6, 6.07) is 1.06. The van der Waals surface area contributed by atoms with E-state index in [1.807, 2.05) is 0 Å². The number of nitriles is 1. The summed E-state index contributed by atoms with van der Waals surface area (Å²) in [5.41, 5.74) is 0.0651. The standard InChI is InChI=1S/C9H5Br2F2N3S/c1-17-9(15-3-14)16-5-2-4(12)6(10)8(13)7(5)11/h2H,1H3,(H,15,16). The molecule has 0 amide bonds. The Bertz CT molecular complexity index is 514. The van der Waals surface area contributed by atoms with E-state index in [0.717, 1.165) is 17.8 Å². The van der Waals surface area contributed by atoms with E-state index >= 15 is 0 Å².